The number of nitrogens with zero attached hydrogens (tertiary/aromatic N) is 3. The van der Waals surface area contributed by atoms with Crippen molar-refractivity contribution in [3.8, 4) is 0 Å². The van der Waals surface area contributed by atoms with Crippen molar-refractivity contribution in [2.75, 3.05) is 4.90 Å². The number of carbonyl (C=O) groups is 1. The molecule has 1 aromatic carbocycles. The van der Waals surface area contributed by atoms with Crippen LogP contribution in [0.5, 0.6) is 0 Å². The Bertz CT molecular complexity index is 1380. The predicted octanol–water partition coefficient (Wildman–Crippen LogP) is 4.97. The number of anilines is 1. The van der Waals surface area contributed by atoms with E-state index in [0.29, 0.717) is 26.7 Å². The zero-order valence-electron chi connectivity index (χ0n) is 16.4. The lowest BCUT2D eigenvalue weighted by molar-refractivity contribution is 0.0971. The summed E-state index contributed by atoms with van der Waals surface area (Å²) in [6, 6.07) is 6.22. The second kappa shape index (κ2) is 6.75. The smallest absolute Gasteiger partial charge is 0.297 e. The Morgan fingerprint density at radius 3 is 2.53 bits per heavy atom. The number of rotatable bonds is 2. The molecule has 1 aliphatic rings. The highest BCUT2D eigenvalue weighted by Gasteiger charge is 2.45. The number of pyridine rings is 1. The van der Waals surface area contributed by atoms with Gasteiger partial charge in [-0.15, -0.1) is 11.3 Å². The van der Waals surface area contributed by atoms with E-state index in [1.165, 1.54) is 11.3 Å². The van der Waals surface area contributed by atoms with E-state index >= 15 is 0 Å². The van der Waals surface area contributed by atoms with Gasteiger partial charge in [0, 0.05) is 22.3 Å². The lowest BCUT2D eigenvalue weighted by atomic mass is 9.99. The van der Waals surface area contributed by atoms with Crippen LogP contribution in [0.4, 0.5) is 5.13 Å². The van der Waals surface area contributed by atoms with Crippen LogP contribution in [0.1, 0.15) is 43.9 Å². The number of hydrogen-bond donors (Lipinski definition) is 0. The summed E-state index contributed by atoms with van der Waals surface area (Å²) in [6.07, 6.45) is 3.27. The standard InChI is InChI=1S/C22H16ClN3O3S/c1-10-8-16-14(9-15(10)23)19(27)17-18(13-4-6-24-7-5-13)26(21(28)20(17)29-16)22-25-11(2)12(3)30-22/h4-9,18H,1-3H3/t18-/m0/s1. The molecule has 0 radical (unpaired) electrons. The number of carbonyl (C=O) groups excluding carboxylic acids is 1. The fraction of sp³-hybridized carbons (Fsp3) is 0.182. The number of aromatic nitrogens is 2. The van der Waals surface area contributed by atoms with Gasteiger partial charge >= 0.3 is 0 Å². The first-order valence-electron chi connectivity index (χ1n) is 9.31. The third-order valence-electron chi connectivity index (χ3n) is 5.40. The molecule has 4 aromatic rings. The SMILES string of the molecule is Cc1cc2oc3c(c(=O)c2cc1Cl)[C@H](c1ccncc1)N(c1nc(C)c(C)s1)C3=O. The number of hydrogen-bond acceptors (Lipinski definition) is 6. The Hall–Kier alpha value is -3.03. The lowest BCUT2D eigenvalue weighted by Crippen LogP contribution is -2.29. The van der Waals surface area contributed by atoms with Gasteiger partial charge in [-0.1, -0.05) is 11.6 Å². The van der Waals surface area contributed by atoms with E-state index in [9.17, 15) is 9.59 Å². The molecule has 0 N–H and O–H groups in total. The van der Waals surface area contributed by atoms with Crippen LogP contribution < -0.4 is 10.3 Å². The van der Waals surface area contributed by atoms with Crippen LogP contribution in [0, 0.1) is 20.8 Å². The van der Waals surface area contributed by atoms with E-state index in [4.69, 9.17) is 16.0 Å². The van der Waals surface area contributed by atoms with Crippen LogP contribution in [0.15, 0.2) is 45.9 Å². The minimum atomic E-state index is -0.652. The van der Waals surface area contributed by atoms with E-state index in [1.807, 2.05) is 20.8 Å². The summed E-state index contributed by atoms with van der Waals surface area (Å²) < 4.78 is 5.99. The summed E-state index contributed by atoms with van der Waals surface area (Å²) in [5.74, 6) is -0.339. The molecule has 5 rings (SSSR count). The zero-order valence-corrected chi connectivity index (χ0v) is 18.0. The van der Waals surface area contributed by atoms with Gasteiger partial charge in [-0.3, -0.25) is 19.5 Å². The van der Waals surface area contributed by atoms with Crippen molar-refractivity contribution in [2.24, 2.45) is 0 Å². The minimum absolute atomic E-state index is 0.0431. The highest BCUT2D eigenvalue weighted by atomic mass is 35.5. The van der Waals surface area contributed by atoms with Crippen LogP contribution in [0.3, 0.4) is 0 Å². The summed E-state index contributed by atoms with van der Waals surface area (Å²) >= 11 is 7.68. The molecule has 30 heavy (non-hydrogen) atoms. The van der Waals surface area contributed by atoms with Gasteiger partial charge in [0.2, 0.25) is 5.76 Å². The van der Waals surface area contributed by atoms with Gasteiger partial charge in [0.1, 0.15) is 5.58 Å². The van der Waals surface area contributed by atoms with Crippen molar-refractivity contribution in [2.45, 2.75) is 26.8 Å². The maximum Gasteiger partial charge on any atom is 0.297 e. The second-order valence-electron chi connectivity index (χ2n) is 7.27. The minimum Gasteiger partial charge on any atom is -0.450 e. The first-order chi connectivity index (χ1) is 14.4. The molecule has 4 heterocycles. The molecule has 0 unspecified atom stereocenters. The molecule has 8 heteroatoms. The molecule has 1 atom stereocenters. The van der Waals surface area contributed by atoms with Crippen LogP contribution in [0.25, 0.3) is 11.0 Å². The second-order valence-corrected chi connectivity index (χ2v) is 8.86. The van der Waals surface area contributed by atoms with Gasteiger partial charge < -0.3 is 4.42 Å². The first kappa shape index (κ1) is 19.0. The maximum absolute atomic E-state index is 13.5. The molecule has 0 fully saturated rings. The molecule has 1 amide bonds. The molecular formula is C22H16ClN3O3S. The Morgan fingerprint density at radius 1 is 1.13 bits per heavy atom. The highest BCUT2D eigenvalue weighted by Crippen LogP contribution is 2.43. The van der Waals surface area contributed by atoms with Gasteiger partial charge in [-0.05, 0) is 56.2 Å². The molecule has 0 spiro atoms. The topological polar surface area (TPSA) is 76.3 Å². The fourth-order valence-electron chi connectivity index (χ4n) is 3.71. The monoisotopic (exact) mass is 437 g/mol. The van der Waals surface area contributed by atoms with E-state index < -0.39 is 6.04 Å². The van der Waals surface area contributed by atoms with Gasteiger partial charge in [0.15, 0.2) is 10.6 Å². The quantitative estimate of drug-likeness (QED) is 0.442. The lowest BCUT2D eigenvalue weighted by Gasteiger charge is -2.22. The van der Waals surface area contributed by atoms with Gasteiger partial charge in [-0.2, -0.15) is 0 Å². The van der Waals surface area contributed by atoms with Crippen molar-refractivity contribution in [1.82, 2.24) is 9.97 Å². The summed E-state index contributed by atoms with van der Waals surface area (Å²) in [7, 11) is 0. The molecule has 1 aliphatic heterocycles. The molecule has 0 saturated carbocycles. The number of benzene rings is 1. The Kier molecular flexibility index (Phi) is 4.27. The zero-order chi connectivity index (χ0) is 21.2. The summed E-state index contributed by atoms with van der Waals surface area (Å²) in [6.45, 7) is 5.67. The number of thiazole rings is 1. The summed E-state index contributed by atoms with van der Waals surface area (Å²) in [4.78, 5) is 38.2. The van der Waals surface area contributed by atoms with Gasteiger partial charge in [0.25, 0.3) is 5.91 Å². The molecule has 6 nitrogen and oxygen atoms in total. The van der Waals surface area contributed by atoms with E-state index in [1.54, 1.807) is 41.6 Å². The maximum atomic E-state index is 13.5. The largest absolute Gasteiger partial charge is 0.450 e. The average Bonchev–Trinajstić information content (AvgIpc) is 3.21. The normalized spacial score (nSPS) is 15.8. The van der Waals surface area contributed by atoms with Gasteiger partial charge in [-0.25, -0.2) is 4.98 Å². The third kappa shape index (κ3) is 2.69. The molecule has 150 valence electrons. The summed E-state index contributed by atoms with van der Waals surface area (Å²) in [5, 5.41) is 1.35. The Balaban J connectivity index is 1.84. The van der Waals surface area contributed by atoms with Crippen molar-refractivity contribution >= 4 is 44.9 Å². The Morgan fingerprint density at radius 2 is 1.87 bits per heavy atom. The number of fused-ring (bicyclic) bond motifs is 2. The van der Waals surface area contributed by atoms with E-state index in [0.717, 1.165) is 21.7 Å². The highest BCUT2D eigenvalue weighted by molar-refractivity contribution is 7.15. The number of aryl methyl sites for hydroxylation is 3. The van der Waals surface area contributed by atoms with Crippen LogP contribution in [0.2, 0.25) is 5.02 Å². The van der Waals surface area contributed by atoms with E-state index in [2.05, 4.69) is 9.97 Å². The summed E-state index contributed by atoms with van der Waals surface area (Å²) in [5.41, 5.74) is 2.74. The molecule has 0 bridgehead atoms. The molecule has 3 aromatic heterocycles. The molecular weight excluding hydrogens is 422 g/mol. The fourth-order valence-corrected chi connectivity index (χ4v) is 4.81. The van der Waals surface area contributed by atoms with Crippen molar-refractivity contribution in [3.05, 3.63) is 84.9 Å². The van der Waals surface area contributed by atoms with Crippen molar-refractivity contribution < 1.29 is 9.21 Å². The van der Waals surface area contributed by atoms with E-state index in [-0.39, 0.29) is 17.1 Å². The third-order valence-corrected chi connectivity index (χ3v) is 6.88. The van der Waals surface area contributed by atoms with Crippen molar-refractivity contribution in [1.29, 1.82) is 0 Å². The van der Waals surface area contributed by atoms with Crippen LogP contribution >= 0.6 is 22.9 Å². The molecule has 0 saturated heterocycles. The average molecular weight is 438 g/mol. The predicted molar refractivity (Wildman–Crippen MR) is 117 cm³/mol. The number of halogens is 1. The van der Waals surface area contributed by atoms with Crippen LogP contribution in [-0.2, 0) is 0 Å². The van der Waals surface area contributed by atoms with Crippen LogP contribution in [-0.4, -0.2) is 15.9 Å². The Labute approximate surface area is 180 Å². The number of amides is 1. The van der Waals surface area contributed by atoms with Gasteiger partial charge in [0.05, 0.1) is 22.7 Å². The molecule has 0 aliphatic carbocycles. The first-order valence-corrected chi connectivity index (χ1v) is 10.5. The van der Waals surface area contributed by atoms with Crippen molar-refractivity contribution in [3.63, 3.8) is 0 Å².